The van der Waals surface area contributed by atoms with Gasteiger partial charge in [-0.25, -0.2) is 0 Å². The number of benzene rings is 3. The number of carbonyl (C=O) groups is 3. The molecule has 1 aliphatic rings. The molecule has 3 aromatic carbocycles. The molecule has 192 valence electrons. The Morgan fingerprint density at radius 3 is 2.05 bits per heavy atom. The number of rotatable bonds is 7. The molecule has 0 bridgehead atoms. The number of hydrogen-bond acceptors (Lipinski definition) is 3. The lowest BCUT2D eigenvalue weighted by atomic mass is 10.0. The maximum Gasteiger partial charge on any atom is 0.231 e. The van der Waals surface area contributed by atoms with Gasteiger partial charge in [-0.3, -0.25) is 14.4 Å². The Labute approximate surface area is 243 Å². The van der Waals surface area contributed by atoms with Crippen LogP contribution >= 0.6 is 69.6 Å². The van der Waals surface area contributed by atoms with Gasteiger partial charge in [0.1, 0.15) is 4.33 Å². The summed E-state index contributed by atoms with van der Waals surface area (Å²) in [6.45, 7) is 1.41. The molecule has 0 spiro atoms. The second-order valence-corrected chi connectivity index (χ2v) is 11.7. The van der Waals surface area contributed by atoms with E-state index in [-0.39, 0.29) is 39.4 Å². The van der Waals surface area contributed by atoms with Gasteiger partial charge in [-0.1, -0.05) is 58.5 Å². The molecule has 0 aromatic heterocycles. The first kappa shape index (κ1) is 28.0. The first-order valence-corrected chi connectivity index (χ1v) is 13.2. The van der Waals surface area contributed by atoms with Crippen molar-refractivity contribution in [2.75, 3.05) is 10.6 Å². The third-order valence-electron chi connectivity index (χ3n) is 5.82. The fraction of sp³-hybridized carbons (Fsp3) is 0.192. The van der Waals surface area contributed by atoms with E-state index in [2.05, 4.69) is 10.6 Å². The van der Waals surface area contributed by atoms with Crippen molar-refractivity contribution in [1.82, 2.24) is 0 Å². The molecule has 1 aliphatic carbocycles. The van der Waals surface area contributed by atoms with Gasteiger partial charge in [0.2, 0.25) is 11.8 Å². The average Bonchev–Trinajstić information content (AvgIpc) is 3.38. The number of hydrogen-bond donors (Lipinski definition) is 2. The largest absolute Gasteiger partial charge is 0.326 e. The monoisotopic (exact) mass is 616 g/mol. The summed E-state index contributed by atoms with van der Waals surface area (Å²) in [7, 11) is 0. The minimum atomic E-state index is -1.36. The molecule has 0 radical (unpaired) electrons. The fourth-order valence-corrected chi connectivity index (χ4v) is 5.90. The van der Waals surface area contributed by atoms with E-state index in [1.165, 1.54) is 19.1 Å². The number of alkyl halides is 2. The minimum absolute atomic E-state index is 0.0283. The van der Waals surface area contributed by atoms with Crippen LogP contribution in [0.2, 0.25) is 20.1 Å². The first-order valence-electron chi connectivity index (χ1n) is 10.9. The van der Waals surface area contributed by atoms with Gasteiger partial charge >= 0.3 is 0 Å². The van der Waals surface area contributed by atoms with E-state index in [0.717, 1.165) is 0 Å². The fourth-order valence-electron chi connectivity index (χ4n) is 4.10. The van der Waals surface area contributed by atoms with E-state index < -0.39 is 22.1 Å². The number of ketones is 1. The number of carbonyl (C=O) groups excluding carboxylic acids is 3. The van der Waals surface area contributed by atoms with Crippen LogP contribution in [0, 0.1) is 5.92 Å². The molecule has 4 rings (SSSR count). The molecule has 11 heteroatoms. The van der Waals surface area contributed by atoms with Crippen LogP contribution in [0.25, 0.3) is 0 Å². The molecule has 37 heavy (non-hydrogen) atoms. The van der Waals surface area contributed by atoms with Crippen LogP contribution < -0.4 is 10.6 Å². The maximum atomic E-state index is 13.1. The standard InChI is InChI=1S/C26H18Cl6N2O3/c1-12(35)33-17-4-2-13(3-5-17)6-21(36)19-10-18(11-20(29)24(19)30)34-25(37)23-22(26(23,31)32)14-7-15(27)9-16(28)8-14/h2-5,7-11,22-23H,6H2,1H3,(H,33,35)(H,34,37). The van der Waals surface area contributed by atoms with Gasteiger partial charge in [0, 0.05) is 46.2 Å². The molecular weight excluding hydrogens is 601 g/mol. The van der Waals surface area contributed by atoms with Crippen LogP contribution in [0.4, 0.5) is 11.4 Å². The Morgan fingerprint density at radius 2 is 1.46 bits per heavy atom. The summed E-state index contributed by atoms with van der Waals surface area (Å²) in [4.78, 5) is 37.3. The van der Waals surface area contributed by atoms with Crippen LogP contribution in [0.1, 0.15) is 34.3 Å². The Kier molecular flexibility index (Phi) is 8.34. The molecule has 2 unspecified atom stereocenters. The zero-order valence-electron chi connectivity index (χ0n) is 19.1. The summed E-state index contributed by atoms with van der Waals surface area (Å²) in [6.07, 6.45) is 0.0283. The van der Waals surface area contributed by atoms with Gasteiger partial charge < -0.3 is 10.6 Å². The van der Waals surface area contributed by atoms with Gasteiger partial charge in [0.15, 0.2) is 5.78 Å². The Bertz CT molecular complexity index is 1390. The molecule has 2 amide bonds. The zero-order chi connectivity index (χ0) is 27.1. The van der Waals surface area contributed by atoms with Crippen molar-refractivity contribution in [3.8, 4) is 0 Å². The number of halogens is 6. The van der Waals surface area contributed by atoms with Crippen LogP contribution in [0.5, 0.6) is 0 Å². The summed E-state index contributed by atoms with van der Waals surface area (Å²) in [5, 5.41) is 6.36. The van der Waals surface area contributed by atoms with E-state index in [1.807, 2.05) is 0 Å². The van der Waals surface area contributed by atoms with E-state index in [9.17, 15) is 14.4 Å². The van der Waals surface area contributed by atoms with Crippen LogP contribution in [0.3, 0.4) is 0 Å². The van der Waals surface area contributed by atoms with Crippen molar-refractivity contribution in [2.24, 2.45) is 5.92 Å². The van der Waals surface area contributed by atoms with Crippen molar-refractivity contribution in [3.63, 3.8) is 0 Å². The van der Waals surface area contributed by atoms with Crippen molar-refractivity contribution >= 4 is 98.6 Å². The van der Waals surface area contributed by atoms with Crippen molar-refractivity contribution in [3.05, 3.63) is 91.4 Å². The lowest BCUT2D eigenvalue weighted by Crippen LogP contribution is -2.17. The molecule has 1 fully saturated rings. The topological polar surface area (TPSA) is 75.3 Å². The summed E-state index contributed by atoms with van der Waals surface area (Å²) >= 11 is 37.6. The Hall–Kier alpha value is -1.99. The Morgan fingerprint density at radius 1 is 0.838 bits per heavy atom. The predicted octanol–water partition coefficient (Wildman–Crippen LogP) is 8.21. The van der Waals surface area contributed by atoms with Gasteiger partial charge in [-0.15, -0.1) is 23.2 Å². The normalized spacial score (nSPS) is 17.7. The molecule has 0 heterocycles. The summed E-state index contributed by atoms with van der Waals surface area (Å²) in [5.74, 6) is -2.29. The lowest BCUT2D eigenvalue weighted by Gasteiger charge is -2.11. The summed E-state index contributed by atoms with van der Waals surface area (Å²) < 4.78 is -1.36. The molecular formula is C26H18Cl6N2O3. The average molecular weight is 619 g/mol. The van der Waals surface area contributed by atoms with Crippen molar-refractivity contribution in [1.29, 1.82) is 0 Å². The highest BCUT2D eigenvalue weighted by Crippen LogP contribution is 2.65. The van der Waals surface area contributed by atoms with Gasteiger partial charge in [0.25, 0.3) is 0 Å². The molecule has 5 nitrogen and oxygen atoms in total. The summed E-state index contributed by atoms with van der Waals surface area (Å²) in [5.41, 5.74) is 2.37. The maximum absolute atomic E-state index is 13.1. The molecule has 2 N–H and O–H groups in total. The number of nitrogens with one attached hydrogen (secondary N) is 2. The highest BCUT2D eigenvalue weighted by atomic mass is 35.5. The number of Topliss-reactive ketones (excluding diaryl/α,β-unsaturated/α-hetero) is 1. The van der Waals surface area contributed by atoms with Crippen molar-refractivity contribution in [2.45, 2.75) is 23.6 Å². The molecule has 2 atom stereocenters. The minimum Gasteiger partial charge on any atom is -0.326 e. The third kappa shape index (κ3) is 6.36. The van der Waals surface area contributed by atoms with Gasteiger partial charge in [-0.05, 0) is 53.6 Å². The molecule has 3 aromatic rings. The van der Waals surface area contributed by atoms with E-state index >= 15 is 0 Å². The van der Waals surface area contributed by atoms with E-state index in [1.54, 1.807) is 42.5 Å². The number of anilines is 2. The molecule has 0 aliphatic heterocycles. The second-order valence-electron chi connectivity index (χ2n) is 8.62. The number of amides is 2. The molecule has 1 saturated carbocycles. The van der Waals surface area contributed by atoms with Crippen LogP contribution in [0.15, 0.2) is 54.6 Å². The summed E-state index contributed by atoms with van der Waals surface area (Å²) in [6, 6.07) is 14.6. The van der Waals surface area contributed by atoms with Crippen LogP contribution in [-0.2, 0) is 16.0 Å². The van der Waals surface area contributed by atoms with Gasteiger partial charge in [0.05, 0.1) is 16.0 Å². The Balaban J connectivity index is 1.51. The SMILES string of the molecule is CC(=O)Nc1ccc(CC(=O)c2cc(NC(=O)C3C(c4cc(Cl)cc(Cl)c4)C3(Cl)Cl)cc(Cl)c2Cl)cc1. The van der Waals surface area contributed by atoms with E-state index in [0.29, 0.717) is 26.9 Å². The van der Waals surface area contributed by atoms with Crippen LogP contribution in [-0.4, -0.2) is 21.9 Å². The highest BCUT2D eigenvalue weighted by molar-refractivity contribution is 6.53. The smallest absolute Gasteiger partial charge is 0.231 e. The lowest BCUT2D eigenvalue weighted by molar-refractivity contribution is -0.117. The second kappa shape index (κ2) is 11.0. The van der Waals surface area contributed by atoms with Crippen molar-refractivity contribution < 1.29 is 14.4 Å². The quantitative estimate of drug-likeness (QED) is 0.207. The third-order valence-corrected chi connectivity index (χ3v) is 7.99. The highest BCUT2D eigenvalue weighted by Gasteiger charge is 2.67. The first-order chi connectivity index (χ1) is 17.4. The van der Waals surface area contributed by atoms with E-state index in [4.69, 9.17) is 69.6 Å². The zero-order valence-corrected chi connectivity index (χ0v) is 23.6. The van der Waals surface area contributed by atoms with Gasteiger partial charge in [-0.2, -0.15) is 0 Å². The predicted molar refractivity (Wildman–Crippen MR) is 151 cm³/mol. The molecule has 0 saturated heterocycles.